The van der Waals surface area contributed by atoms with Crippen LogP contribution in [0.25, 0.3) is 33.2 Å². The molecular weight excluding hydrogens is 520 g/mol. The Morgan fingerprint density at radius 3 is 2.45 bits per heavy atom. The third-order valence-electron chi connectivity index (χ3n) is 7.76. The van der Waals surface area contributed by atoms with E-state index < -0.39 is 0 Å². The molecule has 0 fully saturated rings. The van der Waals surface area contributed by atoms with Gasteiger partial charge in [-0.05, 0) is 66.8 Å². The maximum atomic E-state index is 13.9. The van der Waals surface area contributed by atoms with Crippen molar-refractivity contribution in [2.45, 2.75) is 40.2 Å². The van der Waals surface area contributed by atoms with Crippen molar-refractivity contribution in [3.63, 3.8) is 0 Å². The first-order chi connectivity index (χ1) is 20.3. The number of methoxy groups -OCH3 is 1. The summed E-state index contributed by atoms with van der Waals surface area (Å²) in [6.45, 7) is 9.11. The summed E-state index contributed by atoms with van der Waals surface area (Å²) in [6.07, 6.45) is 3.88. The van der Waals surface area contributed by atoms with Crippen LogP contribution in [0.5, 0.6) is 5.75 Å². The largest absolute Gasteiger partial charge is 0.496 e. The lowest BCUT2D eigenvalue weighted by Crippen LogP contribution is -2.20. The van der Waals surface area contributed by atoms with Crippen molar-refractivity contribution in [3.05, 3.63) is 129 Å². The van der Waals surface area contributed by atoms with Crippen LogP contribution in [0.4, 0.5) is 0 Å². The number of nitrogens with zero attached hydrogens (tertiary/aromatic N) is 4. The summed E-state index contributed by atoms with van der Waals surface area (Å²) in [5.41, 5.74) is 7.78. The molecule has 0 N–H and O–H groups in total. The molecule has 6 rings (SSSR count). The first kappa shape index (κ1) is 27.2. The maximum absolute atomic E-state index is 13.9. The highest BCUT2D eigenvalue weighted by Gasteiger charge is 2.18. The Morgan fingerprint density at radius 1 is 0.929 bits per heavy atom. The molecule has 6 nitrogen and oxygen atoms in total. The fourth-order valence-corrected chi connectivity index (χ4v) is 5.61. The van der Waals surface area contributed by atoms with Crippen molar-refractivity contribution >= 4 is 28.0 Å². The molecule has 0 spiro atoms. The molecule has 0 unspecified atom stereocenters. The van der Waals surface area contributed by atoms with E-state index >= 15 is 0 Å². The van der Waals surface area contributed by atoms with Crippen molar-refractivity contribution < 1.29 is 4.74 Å². The predicted molar refractivity (Wildman–Crippen MR) is 172 cm³/mol. The number of aryl methyl sites for hydroxylation is 2. The van der Waals surface area contributed by atoms with Crippen LogP contribution < -0.4 is 10.3 Å². The van der Waals surface area contributed by atoms with Gasteiger partial charge >= 0.3 is 0 Å². The molecule has 0 amide bonds. The van der Waals surface area contributed by atoms with Gasteiger partial charge in [-0.1, -0.05) is 74.0 Å². The van der Waals surface area contributed by atoms with E-state index in [2.05, 4.69) is 74.0 Å². The lowest BCUT2D eigenvalue weighted by molar-refractivity contribution is 0.407. The van der Waals surface area contributed by atoms with Crippen LogP contribution >= 0.6 is 0 Å². The Labute approximate surface area is 245 Å². The third kappa shape index (κ3) is 5.00. The van der Waals surface area contributed by atoms with Gasteiger partial charge in [0.1, 0.15) is 5.75 Å². The standard InChI is InChI=1S/C36H34N4O2/c1-23(2)30-19-31(25(4)18-34(30)42-5)35-38-32-15-8-6-14-29(32)36(41)40(35)37-20-27-22-39(33-16-9-7-13-28(27)33)21-26-12-10-11-24(3)17-26/h6-20,22-23H,21H2,1-5H3. The summed E-state index contributed by atoms with van der Waals surface area (Å²) >= 11 is 0. The van der Waals surface area contributed by atoms with Crippen LogP contribution in [-0.4, -0.2) is 27.6 Å². The summed E-state index contributed by atoms with van der Waals surface area (Å²) in [4.78, 5) is 18.9. The monoisotopic (exact) mass is 554 g/mol. The Kier molecular flexibility index (Phi) is 7.21. The molecule has 0 bridgehead atoms. The molecule has 2 heterocycles. The second kappa shape index (κ2) is 11.1. The summed E-state index contributed by atoms with van der Waals surface area (Å²) < 4.78 is 9.35. The Balaban J connectivity index is 1.52. The highest BCUT2D eigenvalue weighted by atomic mass is 16.5. The normalized spacial score (nSPS) is 11.8. The van der Waals surface area contributed by atoms with E-state index in [1.165, 1.54) is 15.8 Å². The zero-order valence-corrected chi connectivity index (χ0v) is 24.6. The fraction of sp³-hybridized carbons (Fsp3) is 0.194. The van der Waals surface area contributed by atoms with Crippen molar-refractivity contribution in [2.24, 2.45) is 5.10 Å². The molecule has 0 aliphatic heterocycles. The summed E-state index contributed by atoms with van der Waals surface area (Å²) in [7, 11) is 1.68. The highest BCUT2D eigenvalue weighted by molar-refractivity contribution is 5.99. The quantitative estimate of drug-likeness (QED) is 0.190. The lowest BCUT2D eigenvalue weighted by Gasteiger charge is -2.17. The van der Waals surface area contributed by atoms with Crippen LogP contribution in [0.3, 0.4) is 0 Å². The molecule has 6 heteroatoms. The van der Waals surface area contributed by atoms with Gasteiger partial charge in [0.25, 0.3) is 5.56 Å². The van der Waals surface area contributed by atoms with Crippen LogP contribution in [0.1, 0.15) is 47.6 Å². The van der Waals surface area contributed by atoms with Crippen molar-refractivity contribution in [2.75, 3.05) is 7.11 Å². The SMILES string of the molecule is COc1cc(C)c(-c2nc3ccccc3c(=O)n2N=Cc2cn(Cc3cccc(C)c3)c3ccccc23)cc1C(C)C. The minimum absolute atomic E-state index is 0.211. The summed E-state index contributed by atoms with van der Waals surface area (Å²) in [5, 5.41) is 6.41. The van der Waals surface area contributed by atoms with Crippen LogP contribution in [0.2, 0.25) is 0 Å². The minimum Gasteiger partial charge on any atom is -0.496 e. The minimum atomic E-state index is -0.211. The van der Waals surface area contributed by atoms with Crippen molar-refractivity contribution in [3.8, 4) is 17.1 Å². The number of benzene rings is 4. The van der Waals surface area contributed by atoms with Gasteiger partial charge in [0.2, 0.25) is 0 Å². The topological polar surface area (TPSA) is 61.4 Å². The molecule has 0 saturated heterocycles. The number of ether oxygens (including phenoxy) is 1. The van der Waals surface area contributed by atoms with E-state index in [1.807, 2.05) is 43.3 Å². The van der Waals surface area contributed by atoms with E-state index in [-0.39, 0.29) is 11.5 Å². The Hall–Kier alpha value is -4.97. The molecule has 210 valence electrons. The molecule has 0 atom stereocenters. The number of para-hydroxylation sites is 2. The average molecular weight is 555 g/mol. The van der Waals surface area contributed by atoms with Gasteiger partial charge in [-0.2, -0.15) is 9.78 Å². The molecule has 42 heavy (non-hydrogen) atoms. The summed E-state index contributed by atoms with van der Waals surface area (Å²) in [5.74, 6) is 1.55. The second-order valence-electron chi connectivity index (χ2n) is 11.1. The number of hydrogen-bond acceptors (Lipinski definition) is 4. The number of hydrogen-bond donors (Lipinski definition) is 0. The average Bonchev–Trinajstić information content (AvgIpc) is 3.33. The van der Waals surface area contributed by atoms with Gasteiger partial charge in [0, 0.05) is 34.8 Å². The van der Waals surface area contributed by atoms with Gasteiger partial charge in [0.15, 0.2) is 5.82 Å². The van der Waals surface area contributed by atoms with E-state index in [0.717, 1.165) is 45.5 Å². The van der Waals surface area contributed by atoms with Gasteiger partial charge in [-0.15, -0.1) is 0 Å². The smallest absolute Gasteiger partial charge is 0.282 e. The molecule has 6 aromatic rings. The zero-order valence-electron chi connectivity index (χ0n) is 24.6. The summed E-state index contributed by atoms with van der Waals surface area (Å²) in [6, 6.07) is 28.3. The first-order valence-corrected chi connectivity index (χ1v) is 14.2. The van der Waals surface area contributed by atoms with Gasteiger partial charge in [-0.3, -0.25) is 4.79 Å². The van der Waals surface area contributed by atoms with Gasteiger partial charge in [-0.25, -0.2) is 4.98 Å². The molecule has 0 saturated carbocycles. The molecule has 0 aliphatic carbocycles. The van der Waals surface area contributed by atoms with Crippen molar-refractivity contribution in [1.82, 2.24) is 14.2 Å². The van der Waals surface area contributed by atoms with Crippen molar-refractivity contribution in [1.29, 1.82) is 0 Å². The molecule has 4 aromatic carbocycles. The molecule has 0 aliphatic rings. The van der Waals surface area contributed by atoms with Crippen LogP contribution in [-0.2, 0) is 6.54 Å². The van der Waals surface area contributed by atoms with E-state index in [4.69, 9.17) is 14.8 Å². The van der Waals surface area contributed by atoms with Crippen LogP contribution in [0.15, 0.2) is 101 Å². The fourth-order valence-electron chi connectivity index (χ4n) is 5.61. The van der Waals surface area contributed by atoms with Crippen LogP contribution in [0, 0.1) is 13.8 Å². The molecule has 2 aromatic heterocycles. The lowest BCUT2D eigenvalue weighted by atomic mass is 9.96. The van der Waals surface area contributed by atoms with E-state index in [1.54, 1.807) is 19.4 Å². The van der Waals surface area contributed by atoms with Gasteiger partial charge in [0.05, 0.1) is 24.2 Å². The Morgan fingerprint density at radius 2 is 1.69 bits per heavy atom. The first-order valence-electron chi connectivity index (χ1n) is 14.2. The molecule has 0 radical (unpaired) electrons. The third-order valence-corrected chi connectivity index (χ3v) is 7.76. The number of rotatable bonds is 7. The van der Waals surface area contributed by atoms with Gasteiger partial charge < -0.3 is 9.30 Å². The highest BCUT2D eigenvalue weighted by Crippen LogP contribution is 2.34. The Bertz CT molecular complexity index is 2030. The number of fused-ring (bicyclic) bond motifs is 2. The molecular formula is C36H34N4O2. The zero-order chi connectivity index (χ0) is 29.4. The van der Waals surface area contributed by atoms with E-state index in [9.17, 15) is 4.79 Å². The number of aromatic nitrogens is 3. The maximum Gasteiger partial charge on any atom is 0.282 e. The second-order valence-corrected chi connectivity index (χ2v) is 11.1. The predicted octanol–water partition coefficient (Wildman–Crippen LogP) is 7.70. The van der Waals surface area contributed by atoms with E-state index in [0.29, 0.717) is 16.7 Å².